The fourth-order valence-electron chi connectivity index (χ4n) is 3.10. The van der Waals surface area contributed by atoms with Crippen LogP contribution >= 0.6 is 0 Å². The van der Waals surface area contributed by atoms with E-state index in [9.17, 15) is 13.6 Å². The number of hydrogen-bond donors (Lipinski definition) is 0. The van der Waals surface area contributed by atoms with Gasteiger partial charge in [-0.1, -0.05) is 12.1 Å². The van der Waals surface area contributed by atoms with Crippen LogP contribution < -0.4 is 4.90 Å². The number of rotatable bonds is 2. The van der Waals surface area contributed by atoms with E-state index >= 15 is 0 Å². The molecule has 0 spiro atoms. The number of aryl methyl sites for hydroxylation is 1. The van der Waals surface area contributed by atoms with Gasteiger partial charge in [0.05, 0.1) is 6.54 Å². The normalized spacial score (nSPS) is 14.1. The van der Waals surface area contributed by atoms with Gasteiger partial charge < -0.3 is 9.47 Å². The Balaban J connectivity index is 1.74. The van der Waals surface area contributed by atoms with Gasteiger partial charge in [0.2, 0.25) is 0 Å². The van der Waals surface area contributed by atoms with E-state index in [1.54, 1.807) is 11.0 Å². The van der Waals surface area contributed by atoms with Gasteiger partial charge in [0.15, 0.2) is 0 Å². The third-order valence-corrected chi connectivity index (χ3v) is 4.37. The molecule has 23 heavy (non-hydrogen) atoms. The Kier molecular flexibility index (Phi) is 2.98. The van der Waals surface area contributed by atoms with Crippen LogP contribution in [0.1, 0.15) is 27.9 Å². The molecule has 0 aliphatic carbocycles. The molecule has 0 bridgehead atoms. The number of hydrogen-bond acceptors (Lipinski definition) is 1. The van der Waals surface area contributed by atoms with Gasteiger partial charge in [0.1, 0.15) is 0 Å². The minimum absolute atomic E-state index is 0.113. The summed E-state index contributed by atoms with van der Waals surface area (Å²) in [4.78, 5) is 14.2. The highest BCUT2D eigenvalue weighted by Gasteiger charge is 2.29. The molecule has 0 fully saturated rings. The Morgan fingerprint density at radius 3 is 2.70 bits per heavy atom. The molecule has 4 rings (SSSR count). The Labute approximate surface area is 131 Å². The number of fused-ring (bicyclic) bond motifs is 2. The van der Waals surface area contributed by atoms with E-state index < -0.39 is 6.43 Å². The fraction of sp³-hybridized carbons (Fsp3) is 0.167. The zero-order valence-corrected chi connectivity index (χ0v) is 12.5. The lowest BCUT2D eigenvalue weighted by Crippen LogP contribution is -2.22. The second-order valence-electron chi connectivity index (χ2n) is 5.78. The molecule has 116 valence electrons. The summed E-state index contributed by atoms with van der Waals surface area (Å²) in [6, 6.07) is 12.1. The fourth-order valence-corrected chi connectivity index (χ4v) is 3.10. The molecular formula is C18H14F2N2O. The maximum Gasteiger partial charge on any atom is 0.263 e. The Hall–Kier alpha value is -2.69. The molecule has 0 atom stereocenters. The highest BCUT2D eigenvalue weighted by molar-refractivity contribution is 6.10. The second-order valence-corrected chi connectivity index (χ2v) is 5.78. The van der Waals surface area contributed by atoms with Gasteiger partial charge in [-0.25, -0.2) is 8.78 Å². The van der Waals surface area contributed by atoms with E-state index in [2.05, 4.69) is 0 Å². The summed E-state index contributed by atoms with van der Waals surface area (Å²) >= 11 is 0. The van der Waals surface area contributed by atoms with Crippen molar-refractivity contribution >= 4 is 22.5 Å². The Morgan fingerprint density at radius 1 is 1.09 bits per heavy atom. The van der Waals surface area contributed by atoms with Crippen LogP contribution in [0, 0.1) is 0 Å². The number of aromatic nitrogens is 1. The minimum atomic E-state index is -2.57. The lowest BCUT2D eigenvalue weighted by atomic mass is 10.1. The third-order valence-electron chi connectivity index (χ3n) is 4.37. The lowest BCUT2D eigenvalue weighted by Gasteiger charge is -2.16. The summed E-state index contributed by atoms with van der Waals surface area (Å²) in [6.45, 7) is 0.413. The topological polar surface area (TPSA) is 25.2 Å². The molecular weight excluding hydrogens is 298 g/mol. The van der Waals surface area contributed by atoms with E-state index in [1.165, 1.54) is 12.1 Å². The van der Waals surface area contributed by atoms with Crippen LogP contribution in [-0.2, 0) is 13.6 Å². The molecule has 1 aromatic heterocycles. The summed E-state index contributed by atoms with van der Waals surface area (Å²) in [5.74, 6) is -0.224. The molecule has 1 aliphatic rings. The number of nitrogens with zero attached hydrogens (tertiary/aromatic N) is 2. The van der Waals surface area contributed by atoms with Crippen molar-refractivity contribution in [2.24, 2.45) is 7.05 Å². The molecule has 1 aliphatic heterocycles. The molecule has 0 saturated heterocycles. The zero-order chi connectivity index (χ0) is 16.1. The van der Waals surface area contributed by atoms with Crippen LogP contribution in [0.3, 0.4) is 0 Å². The Bertz CT molecular complexity index is 930. The molecule has 5 heteroatoms. The molecule has 0 unspecified atom stereocenters. The highest BCUT2D eigenvalue weighted by Crippen LogP contribution is 2.32. The quantitative estimate of drug-likeness (QED) is 0.693. The van der Waals surface area contributed by atoms with Crippen LogP contribution in [0.4, 0.5) is 14.5 Å². The van der Waals surface area contributed by atoms with Gasteiger partial charge >= 0.3 is 0 Å². The van der Waals surface area contributed by atoms with Gasteiger partial charge in [-0.05, 0) is 35.9 Å². The van der Waals surface area contributed by atoms with Crippen LogP contribution in [0.15, 0.2) is 48.7 Å². The van der Waals surface area contributed by atoms with E-state index in [4.69, 9.17) is 0 Å². The van der Waals surface area contributed by atoms with Crippen molar-refractivity contribution in [2.75, 3.05) is 4.90 Å². The molecule has 3 aromatic rings. The highest BCUT2D eigenvalue weighted by atomic mass is 19.3. The summed E-state index contributed by atoms with van der Waals surface area (Å²) in [5.41, 5.74) is 2.90. The standard InChI is InChI=1S/C18H14F2N2O/c1-21-7-6-11-8-14(4-5-16(11)21)22-10-13-3-2-12(17(19)20)9-15(13)18(22)23/h2-9,17H,10H2,1H3. The van der Waals surface area contributed by atoms with Crippen molar-refractivity contribution < 1.29 is 13.6 Å². The first-order chi connectivity index (χ1) is 11.0. The molecule has 1 amide bonds. The number of halogens is 2. The van der Waals surface area contributed by atoms with Crippen molar-refractivity contribution in [1.29, 1.82) is 0 Å². The first-order valence-corrected chi connectivity index (χ1v) is 7.32. The van der Waals surface area contributed by atoms with Gasteiger partial charge in [-0.15, -0.1) is 0 Å². The Morgan fingerprint density at radius 2 is 1.91 bits per heavy atom. The monoisotopic (exact) mass is 312 g/mol. The van der Waals surface area contributed by atoms with Crippen molar-refractivity contribution in [3.8, 4) is 0 Å². The van der Waals surface area contributed by atoms with Gasteiger partial charge in [0, 0.05) is 41.0 Å². The van der Waals surface area contributed by atoms with E-state index in [-0.39, 0.29) is 11.5 Å². The van der Waals surface area contributed by atoms with Crippen molar-refractivity contribution in [2.45, 2.75) is 13.0 Å². The minimum Gasteiger partial charge on any atom is -0.351 e. The van der Waals surface area contributed by atoms with Crippen molar-refractivity contribution in [3.05, 3.63) is 65.4 Å². The van der Waals surface area contributed by atoms with Crippen molar-refractivity contribution in [1.82, 2.24) is 4.57 Å². The molecule has 0 N–H and O–H groups in total. The van der Waals surface area contributed by atoms with Crippen LogP contribution in [-0.4, -0.2) is 10.5 Å². The predicted octanol–water partition coefficient (Wildman–Crippen LogP) is 4.28. The van der Waals surface area contributed by atoms with Gasteiger partial charge in [-0.2, -0.15) is 0 Å². The lowest BCUT2D eigenvalue weighted by molar-refractivity contribution is 0.0996. The molecule has 0 radical (unpaired) electrons. The maximum atomic E-state index is 12.8. The number of amides is 1. The van der Waals surface area contributed by atoms with Crippen molar-refractivity contribution in [3.63, 3.8) is 0 Å². The summed E-state index contributed by atoms with van der Waals surface area (Å²) < 4.78 is 27.7. The SMILES string of the molecule is Cn1ccc2cc(N3Cc4ccc(C(F)F)cc4C3=O)ccc21. The summed E-state index contributed by atoms with van der Waals surface area (Å²) in [7, 11) is 1.96. The van der Waals surface area contributed by atoms with E-state index in [0.717, 1.165) is 22.2 Å². The number of carbonyl (C=O) groups is 1. The molecule has 0 saturated carbocycles. The number of alkyl halides is 2. The van der Waals surface area contributed by atoms with Crippen LogP contribution in [0.2, 0.25) is 0 Å². The largest absolute Gasteiger partial charge is 0.351 e. The summed E-state index contributed by atoms with van der Waals surface area (Å²) in [5, 5.41) is 1.04. The molecule has 2 aromatic carbocycles. The number of anilines is 1. The van der Waals surface area contributed by atoms with Crippen LogP contribution in [0.25, 0.3) is 10.9 Å². The zero-order valence-electron chi connectivity index (χ0n) is 12.5. The average molecular weight is 312 g/mol. The first kappa shape index (κ1) is 13.9. The van der Waals surface area contributed by atoms with Crippen LogP contribution in [0.5, 0.6) is 0 Å². The number of benzene rings is 2. The smallest absolute Gasteiger partial charge is 0.263 e. The first-order valence-electron chi connectivity index (χ1n) is 7.32. The second kappa shape index (κ2) is 4.91. The third kappa shape index (κ3) is 2.11. The van der Waals surface area contributed by atoms with Gasteiger partial charge in [0.25, 0.3) is 12.3 Å². The molecule has 2 heterocycles. The maximum absolute atomic E-state index is 12.8. The molecule has 3 nitrogen and oxygen atoms in total. The average Bonchev–Trinajstić information content (AvgIpc) is 3.08. The van der Waals surface area contributed by atoms with Gasteiger partial charge in [-0.3, -0.25) is 4.79 Å². The van der Waals surface area contributed by atoms with E-state index in [1.807, 2.05) is 42.1 Å². The predicted molar refractivity (Wildman–Crippen MR) is 84.8 cm³/mol. The van der Waals surface area contributed by atoms with E-state index in [0.29, 0.717) is 12.1 Å². The summed E-state index contributed by atoms with van der Waals surface area (Å²) in [6.07, 6.45) is -0.605. The number of carbonyl (C=O) groups excluding carboxylic acids is 1.